The van der Waals surface area contributed by atoms with Gasteiger partial charge in [0.2, 0.25) is 0 Å². The van der Waals surface area contributed by atoms with Gasteiger partial charge >= 0.3 is 0 Å². The van der Waals surface area contributed by atoms with E-state index in [2.05, 4.69) is 146 Å². The maximum atomic E-state index is 2.38. The van der Waals surface area contributed by atoms with Crippen LogP contribution in [0, 0.1) is 0 Å². The van der Waals surface area contributed by atoms with Crippen molar-refractivity contribution in [1.82, 2.24) is 0 Å². The van der Waals surface area contributed by atoms with Crippen LogP contribution in [-0.2, 0) is 0 Å². The molecule has 0 spiro atoms. The molecule has 0 unspecified atom stereocenters. The van der Waals surface area contributed by atoms with Gasteiger partial charge in [0.05, 0.1) is 0 Å². The Kier molecular flexibility index (Phi) is 5.25. The summed E-state index contributed by atoms with van der Waals surface area (Å²) in [5, 5.41) is 0. The van der Waals surface area contributed by atoms with Crippen LogP contribution in [0.4, 0.5) is 0 Å². The minimum Gasteiger partial charge on any atom is -0.195 e. The van der Waals surface area contributed by atoms with Gasteiger partial charge in [-0.15, -0.1) is 0 Å². The van der Waals surface area contributed by atoms with Gasteiger partial charge in [0, 0.05) is 0 Å². The minimum atomic E-state index is -1.33. The van der Waals surface area contributed by atoms with Crippen LogP contribution in [0.3, 0.4) is 0 Å². The fourth-order valence-corrected chi connectivity index (χ4v) is 5.00. The molecule has 0 fully saturated rings. The van der Waals surface area contributed by atoms with E-state index in [1.807, 2.05) is 0 Å². The molecule has 5 rings (SSSR count). The Balaban J connectivity index is 1.85. The molecule has 0 aliphatic heterocycles. The topological polar surface area (TPSA) is 0 Å². The van der Waals surface area contributed by atoms with E-state index in [1.165, 1.54) is 33.0 Å². The highest BCUT2D eigenvalue weighted by Crippen LogP contribution is 2.19. The summed E-state index contributed by atoms with van der Waals surface area (Å²) in [5.74, 6) is 0. The van der Waals surface area contributed by atoms with Crippen LogP contribution in [0.2, 0.25) is 0 Å². The predicted molar refractivity (Wildman–Crippen MR) is 135 cm³/mol. The highest BCUT2D eigenvalue weighted by molar-refractivity contribution is 7.19. The number of benzene rings is 5. The van der Waals surface area contributed by atoms with Gasteiger partial charge in [0.25, 0.3) is 0 Å². The van der Waals surface area contributed by atoms with E-state index in [-0.39, 0.29) is 0 Å². The van der Waals surface area contributed by atoms with Crippen molar-refractivity contribution in [3.05, 3.63) is 146 Å². The summed E-state index contributed by atoms with van der Waals surface area (Å²) in [7, 11) is 0. The molecule has 0 saturated carbocycles. The molecule has 0 radical (unpaired) electrons. The van der Waals surface area contributed by atoms with E-state index in [0.717, 1.165) is 0 Å². The smallest absolute Gasteiger partial charge is 0.108 e. The van der Waals surface area contributed by atoms with E-state index in [9.17, 15) is 0 Å². The highest BCUT2D eigenvalue weighted by Gasteiger charge is 2.31. The maximum Gasteiger partial charge on any atom is 0.108 e. The summed E-state index contributed by atoms with van der Waals surface area (Å²) in [6.45, 7) is 0. The second-order valence-corrected chi connectivity index (χ2v) is 8.09. The Hall–Kier alpha value is -3.84. The molecule has 31 heavy (non-hydrogen) atoms. The zero-order valence-electron chi connectivity index (χ0n) is 17.4. The zero-order chi connectivity index (χ0) is 20.9. The van der Waals surface area contributed by atoms with Gasteiger partial charge in [-0.2, -0.15) is 21.9 Å². The first-order valence-electron chi connectivity index (χ1n) is 10.9. The van der Waals surface area contributed by atoms with Crippen molar-refractivity contribution in [2.45, 2.75) is 0 Å². The van der Waals surface area contributed by atoms with Crippen molar-refractivity contribution < 1.29 is 0 Å². The fourth-order valence-electron chi connectivity index (χ4n) is 5.00. The number of hydrogen-bond donors (Lipinski definition) is 0. The zero-order valence-corrected chi connectivity index (χ0v) is 17.4. The van der Waals surface area contributed by atoms with Gasteiger partial charge in [0.15, 0.2) is 0 Å². The number of rotatable bonds is 5. The Bertz CT molecular complexity index is 1150. The molecule has 0 N–H and O–H groups in total. The van der Waals surface area contributed by atoms with Crippen LogP contribution in [0.15, 0.2) is 146 Å². The van der Waals surface area contributed by atoms with Gasteiger partial charge in [0.1, 0.15) is 6.15 Å². The third-order valence-electron chi connectivity index (χ3n) is 6.39. The quantitative estimate of drug-likeness (QED) is 0.378. The van der Waals surface area contributed by atoms with E-state index in [0.29, 0.717) is 0 Å². The Morgan fingerprint density at radius 3 is 1.10 bits per heavy atom. The Morgan fingerprint density at radius 2 is 0.645 bits per heavy atom. The molecule has 5 aromatic rings. The molecule has 0 atom stereocenters. The molecule has 0 nitrogen and oxygen atoms in total. The van der Waals surface area contributed by atoms with Crippen LogP contribution in [0.5, 0.6) is 0 Å². The van der Waals surface area contributed by atoms with Crippen LogP contribution < -0.4 is 21.9 Å². The molecule has 0 saturated heterocycles. The Labute approximate surface area is 184 Å². The highest BCUT2D eigenvalue weighted by atomic mass is 14.1. The van der Waals surface area contributed by atoms with Gasteiger partial charge in [-0.25, -0.2) is 0 Å². The van der Waals surface area contributed by atoms with Crippen molar-refractivity contribution in [1.29, 1.82) is 0 Å². The maximum absolute atomic E-state index is 2.38. The first-order valence-corrected chi connectivity index (χ1v) is 10.9. The monoisotopic (exact) mass is 395 g/mol. The van der Waals surface area contributed by atoms with Crippen molar-refractivity contribution in [3.63, 3.8) is 0 Å². The van der Waals surface area contributed by atoms with Gasteiger partial charge in [-0.3, -0.25) is 0 Å². The van der Waals surface area contributed by atoms with E-state index >= 15 is 0 Å². The molecule has 0 bridgehead atoms. The molecule has 0 heterocycles. The van der Waals surface area contributed by atoms with Gasteiger partial charge in [-0.05, 0) is 11.1 Å². The lowest BCUT2D eigenvalue weighted by Gasteiger charge is -2.44. The third-order valence-corrected chi connectivity index (χ3v) is 6.39. The molecule has 0 aliphatic carbocycles. The largest absolute Gasteiger partial charge is 0.195 e. The molecule has 0 aliphatic rings. The first kappa shape index (κ1) is 19.1. The first-order chi connectivity index (χ1) is 15.4. The summed E-state index contributed by atoms with van der Waals surface area (Å²) in [6, 6.07) is 52.6. The molecule has 0 amide bonds. The van der Waals surface area contributed by atoms with Crippen molar-refractivity contribution in [2.75, 3.05) is 0 Å². The summed E-state index contributed by atoms with van der Waals surface area (Å²) >= 11 is 0. The van der Waals surface area contributed by atoms with Crippen molar-refractivity contribution in [2.24, 2.45) is 0 Å². The van der Waals surface area contributed by atoms with Crippen molar-refractivity contribution in [3.8, 4) is 11.1 Å². The predicted octanol–water partition coefficient (Wildman–Crippen LogP) is 4.73. The van der Waals surface area contributed by atoms with Gasteiger partial charge in [-0.1, -0.05) is 146 Å². The molecule has 0 aromatic heterocycles. The lowest BCUT2D eigenvalue weighted by molar-refractivity contribution is 1.62. The molecule has 148 valence electrons. The van der Waals surface area contributed by atoms with E-state index in [1.54, 1.807) is 0 Å². The minimum absolute atomic E-state index is 1.24. The van der Waals surface area contributed by atoms with Crippen LogP contribution in [0.1, 0.15) is 0 Å². The Morgan fingerprint density at radius 1 is 0.290 bits per heavy atom. The average Bonchev–Trinajstić information content (AvgIpc) is 2.87. The molecule has 5 aromatic carbocycles. The van der Waals surface area contributed by atoms with Crippen molar-refractivity contribution >= 4 is 28.0 Å². The lowest BCUT2D eigenvalue weighted by Crippen LogP contribution is -2.74. The second kappa shape index (κ2) is 8.49. The SMILES string of the molecule is c1ccc(-c2cccc([B-](c3ccccc3)(c3ccccc3)c3ccccc3)c2)cc1. The summed E-state index contributed by atoms with van der Waals surface area (Å²) in [4.78, 5) is 0. The lowest BCUT2D eigenvalue weighted by atomic mass is 9.13. The van der Waals surface area contributed by atoms with Crippen LogP contribution in [0.25, 0.3) is 11.1 Å². The van der Waals surface area contributed by atoms with Crippen LogP contribution in [-0.4, -0.2) is 6.15 Å². The summed E-state index contributed by atoms with van der Waals surface area (Å²) < 4.78 is 0. The second-order valence-electron chi connectivity index (χ2n) is 8.09. The number of hydrogen-bond acceptors (Lipinski definition) is 0. The van der Waals surface area contributed by atoms with Gasteiger partial charge < -0.3 is 0 Å². The fraction of sp³-hybridized carbons (Fsp3) is 0. The van der Waals surface area contributed by atoms with E-state index in [4.69, 9.17) is 0 Å². The molecular formula is C30H24B-. The molecule has 1 heteroatoms. The normalized spacial score (nSPS) is 11.2. The summed E-state index contributed by atoms with van der Waals surface area (Å²) in [6.07, 6.45) is -1.33. The standard InChI is InChI=1S/C30H24B/c1-5-14-25(15-6-1)26-16-13-23-30(24-26)31(27-17-7-2-8-18-27,28-19-9-3-10-20-28)29-21-11-4-12-22-29/h1-24H/q-1. The van der Waals surface area contributed by atoms with E-state index < -0.39 is 6.15 Å². The average molecular weight is 395 g/mol. The third kappa shape index (κ3) is 3.49. The van der Waals surface area contributed by atoms with Crippen LogP contribution >= 0.6 is 0 Å². The summed E-state index contributed by atoms with van der Waals surface area (Å²) in [5.41, 5.74) is 7.78. The molecular weight excluding hydrogens is 371 g/mol.